The molecule has 1 fully saturated rings. The largest absolute Gasteiger partial charge is 0.338 e. The van der Waals surface area contributed by atoms with Crippen molar-refractivity contribution in [1.82, 2.24) is 10.1 Å². The standard InChI is InChI=1S/C15H17ClN2O/c1-11(16)13-17-14(18-19-13)15(9-5-6-10-15)12-7-3-2-4-8-12/h2-4,7-8,11H,5-6,9-10H2,1H3. The van der Waals surface area contributed by atoms with Crippen LogP contribution < -0.4 is 0 Å². The van der Waals surface area contributed by atoms with Crippen molar-refractivity contribution in [2.24, 2.45) is 0 Å². The maximum absolute atomic E-state index is 6.02. The van der Waals surface area contributed by atoms with Crippen molar-refractivity contribution >= 4 is 11.6 Å². The fourth-order valence-corrected chi connectivity index (χ4v) is 3.06. The number of benzene rings is 1. The molecule has 1 aromatic carbocycles. The lowest BCUT2D eigenvalue weighted by atomic mass is 9.78. The Morgan fingerprint density at radius 2 is 1.89 bits per heavy atom. The van der Waals surface area contributed by atoms with Crippen LogP contribution >= 0.6 is 11.6 Å². The molecule has 4 heteroatoms. The normalized spacial score (nSPS) is 19.5. The quantitative estimate of drug-likeness (QED) is 0.788. The highest BCUT2D eigenvalue weighted by Gasteiger charge is 2.41. The second-order valence-corrected chi connectivity index (χ2v) is 5.88. The van der Waals surface area contributed by atoms with Crippen molar-refractivity contribution in [3.05, 3.63) is 47.6 Å². The SMILES string of the molecule is CC(Cl)c1nc(C2(c3ccccc3)CCCC2)no1. The van der Waals surface area contributed by atoms with Crippen LogP contribution in [0, 0.1) is 0 Å². The number of aromatic nitrogens is 2. The van der Waals surface area contributed by atoms with Crippen LogP contribution in [-0.2, 0) is 5.41 Å². The molecule has 0 N–H and O–H groups in total. The zero-order valence-electron chi connectivity index (χ0n) is 11.0. The van der Waals surface area contributed by atoms with E-state index in [4.69, 9.17) is 16.1 Å². The molecule has 1 atom stereocenters. The third kappa shape index (κ3) is 2.16. The molecular weight excluding hydrogens is 260 g/mol. The minimum atomic E-state index is -0.240. The third-order valence-corrected chi connectivity index (χ3v) is 4.18. The van der Waals surface area contributed by atoms with E-state index >= 15 is 0 Å². The number of hydrogen-bond acceptors (Lipinski definition) is 3. The second kappa shape index (κ2) is 4.97. The Morgan fingerprint density at radius 1 is 1.21 bits per heavy atom. The first-order valence-corrected chi connectivity index (χ1v) is 7.20. The first kappa shape index (κ1) is 12.7. The summed E-state index contributed by atoms with van der Waals surface area (Å²) in [7, 11) is 0. The molecule has 1 aliphatic rings. The fourth-order valence-electron chi connectivity index (χ4n) is 2.97. The molecule has 0 amide bonds. The van der Waals surface area contributed by atoms with E-state index in [0.717, 1.165) is 18.7 Å². The van der Waals surface area contributed by atoms with Crippen LogP contribution in [0.4, 0.5) is 0 Å². The molecule has 1 heterocycles. The number of alkyl halides is 1. The molecule has 3 nitrogen and oxygen atoms in total. The smallest absolute Gasteiger partial charge is 0.244 e. The van der Waals surface area contributed by atoms with Crippen LogP contribution in [0.15, 0.2) is 34.9 Å². The summed E-state index contributed by atoms with van der Waals surface area (Å²) in [5.74, 6) is 1.30. The van der Waals surface area contributed by atoms with Gasteiger partial charge in [-0.25, -0.2) is 0 Å². The lowest BCUT2D eigenvalue weighted by molar-refractivity contribution is 0.360. The van der Waals surface area contributed by atoms with Gasteiger partial charge in [-0.3, -0.25) is 0 Å². The number of nitrogens with zero attached hydrogens (tertiary/aromatic N) is 2. The van der Waals surface area contributed by atoms with Gasteiger partial charge in [-0.1, -0.05) is 48.3 Å². The molecule has 0 aliphatic heterocycles. The molecule has 0 spiro atoms. The van der Waals surface area contributed by atoms with Crippen LogP contribution in [-0.4, -0.2) is 10.1 Å². The average Bonchev–Trinajstić information content (AvgIpc) is 3.09. The maximum Gasteiger partial charge on any atom is 0.244 e. The Balaban J connectivity index is 2.05. The maximum atomic E-state index is 6.02. The van der Waals surface area contributed by atoms with Gasteiger partial charge in [-0.15, -0.1) is 11.6 Å². The van der Waals surface area contributed by atoms with Gasteiger partial charge in [0.2, 0.25) is 5.89 Å². The van der Waals surface area contributed by atoms with E-state index in [1.807, 2.05) is 13.0 Å². The van der Waals surface area contributed by atoms with Crippen molar-refractivity contribution in [3.63, 3.8) is 0 Å². The number of rotatable bonds is 3. The van der Waals surface area contributed by atoms with Crippen molar-refractivity contribution in [3.8, 4) is 0 Å². The third-order valence-electron chi connectivity index (χ3n) is 3.99. The Morgan fingerprint density at radius 3 is 2.47 bits per heavy atom. The Bertz CT molecular complexity index is 544. The molecule has 1 aliphatic carbocycles. The van der Waals surface area contributed by atoms with Gasteiger partial charge in [-0.05, 0) is 25.3 Å². The highest BCUT2D eigenvalue weighted by molar-refractivity contribution is 6.20. The zero-order chi connectivity index (χ0) is 13.3. The van der Waals surface area contributed by atoms with E-state index in [0.29, 0.717) is 5.89 Å². The van der Waals surface area contributed by atoms with Crippen molar-refractivity contribution in [2.45, 2.75) is 43.4 Å². The molecule has 0 bridgehead atoms. The highest BCUT2D eigenvalue weighted by Crippen LogP contribution is 2.45. The van der Waals surface area contributed by atoms with E-state index < -0.39 is 0 Å². The number of hydrogen-bond donors (Lipinski definition) is 0. The highest BCUT2D eigenvalue weighted by atomic mass is 35.5. The molecule has 1 aromatic heterocycles. The molecule has 1 unspecified atom stereocenters. The summed E-state index contributed by atoms with van der Waals surface area (Å²) in [6, 6.07) is 10.5. The van der Waals surface area contributed by atoms with Gasteiger partial charge in [-0.2, -0.15) is 4.98 Å². The predicted octanol–water partition coefficient (Wildman–Crippen LogP) is 4.23. The summed E-state index contributed by atoms with van der Waals surface area (Å²) < 4.78 is 5.29. The molecule has 1 saturated carbocycles. The molecular formula is C15H17ClN2O. The molecule has 19 heavy (non-hydrogen) atoms. The van der Waals surface area contributed by atoms with Crippen LogP contribution in [0.2, 0.25) is 0 Å². The minimum Gasteiger partial charge on any atom is -0.338 e. The second-order valence-electron chi connectivity index (χ2n) is 5.23. The van der Waals surface area contributed by atoms with Crippen molar-refractivity contribution in [2.75, 3.05) is 0 Å². The monoisotopic (exact) mass is 276 g/mol. The predicted molar refractivity (Wildman–Crippen MR) is 74.3 cm³/mol. The average molecular weight is 277 g/mol. The van der Waals surface area contributed by atoms with Crippen molar-refractivity contribution < 1.29 is 4.52 Å². The fraction of sp³-hybridized carbons (Fsp3) is 0.467. The van der Waals surface area contributed by atoms with Crippen LogP contribution in [0.1, 0.15) is 55.3 Å². The van der Waals surface area contributed by atoms with E-state index in [9.17, 15) is 0 Å². The Hall–Kier alpha value is -1.35. The lowest BCUT2D eigenvalue weighted by Crippen LogP contribution is -2.25. The van der Waals surface area contributed by atoms with Crippen LogP contribution in [0.25, 0.3) is 0 Å². The summed E-state index contributed by atoms with van der Waals surface area (Å²) in [5, 5.41) is 3.96. The minimum absolute atomic E-state index is 0.0885. The number of halogens is 1. The molecule has 0 saturated heterocycles. The first-order valence-electron chi connectivity index (χ1n) is 6.76. The van der Waals surface area contributed by atoms with Gasteiger partial charge in [0.05, 0.1) is 5.41 Å². The van der Waals surface area contributed by atoms with Gasteiger partial charge >= 0.3 is 0 Å². The topological polar surface area (TPSA) is 38.9 Å². The van der Waals surface area contributed by atoms with Crippen LogP contribution in [0.3, 0.4) is 0 Å². The molecule has 0 radical (unpaired) electrons. The Kier molecular flexibility index (Phi) is 3.31. The van der Waals surface area contributed by atoms with Gasteiger partial charge < -0.3 is 4.52 Å². The summed E-state index contributed by atoms with van der Waals surface area (Å²) >= 11 is 6.02. The van der Waals surface area contributed by atoms with Gasteiger partial charge in [0.15, 0.2) is 5.82 Å². The van der Waals surface area contributed by atoms with E-state index in [2.05, 4.69) is 34.4 Å². The van der Waals surface area contributed by atoms with E-state index in [1.54, 1.807) is 0 Å². The zero-order valence-corrected chi connectivity index (χ0v) is 11.7. The Labute approximate surface area is 118 Å². The van der Waals surface area contributed by atoms with E-state index in [-0.39, 0.29) is 10.8 Å². The summed E-state index contributed by atoms with van der Waals surface area (Å²) in [5.41, 5.74) is 1.19. The summed E-state index contributed by atoms with van der Waals surface area (Å²) in [4.78, 5) is 4.53. The molecule has 3 rings (SSSR count). The molecule has 100 valence electrons. The molecule has 2 aromatic rings. The van der Waals surface area contributed by atoms with E-state index in [1.165, 1.54) is 18.4 Å². The van der Waals surface area contributed by atoms with Crippen molar-refractivity contribution in [1.29, 1.82) is 0 Å². The van der Waals surface area contributed by atoms with Gasteiger partial charge in [0.1, 0.15) is 5.38 Å². The summed E-state index contributed by atoms with van der Waals surface area (Å²) in [6.45, 7) is 1.85. The lowest BCUT2D eigenvalue weighted by Gasteiger charge is -2.25. The first-order chi connectivity index (χ1) is 9.22. The van der Waals surface area contributed by atoms with Crippen LogP contribution in [0.5, 0.6) is 0 Å². The van der Waals surface area contributed by atoms with Gasteiger partial charge in [0.25, 0.3) is 0 Å². The van der Waals surface area contributed by atoms with Gasteiger partial charge in [0, 0.05) is 0 Å². The summed E-state index contributed by atoms with van der Waals surface area (Å²) in [6.07, 6.45) is 4.56.